The standard InChI is InChI=1S/C24H34Br2N6O8S2/c25-21-17-19(39-15-13-37-11-9-35-7-5-33-3-1-29-31-27)23(41-21)24-20(18-22(26)42-24)40-16-14-38-12-10-36-8-6-34-4-2-30-32-28/h17-18H,1-16H2. The molecule has 2 heterocycles. The second kappa shape index (κ2) is 24.7. The van der Waals surface area contributed by atoms with Crippen LogP contribution in [0.4, 0.5) is 0 Å². The maximum atomic E-state index is 8.19. The molecule has 0 spiro atoms. The van der Waals surface area contributed by atoms with E-state index < -0.39 is 0 Å². The summed E-state index contributed by atoms with van der Waals surface area (Å²) >= 11 is 10.3. The van der Waals surface area contributed by atoms with Gasteiger partial charge in [-0.15, -0.1) is 22.7 Å². The largest absolute Gasteiger partial charge is 0.490 e. The van der Waals surface area contributed by atoms with E-state index in [1.807, 2.05) is 12.1 Å². The van der Waals surface area contributed by atoms with E-state index >= 15 is 0 Å². The first-order chi connectivity index (χ1) is 20.7. The minimum absolute atomic E-state index is 0.314. The van der Waals surface area contributed by atoms with Crippen molar-refractivity contribution in [2.75, 3.05) is 106 Å². The van der Waals surface area contributed by atoms with Crippen molar-refractivity contribution < 1.29 is 37.9 Å². The number of halogens is 2. The number of azide groups is 2. The van der Waals surface area contributed by atoms with Gasteiger partial charge in [0.2, 0.25) is 0 Å². The number of hydrogen-bond acceptors (Lipinski definition) is 12. The summed E-state index contributed by atoms with van der Waals surface area (Å²) in [6, 6.07) is 3.88. The first-order valence-corrected chi connectivity index (χ1v) is 16.2. The third-order valence-corrected chi connectivity index (χ3v) is 8.20. The van der Waals surface area contributed by atoms with Gasteiger partial charge in [0.05, 0.1) is 96.6 Å². The minimum atomic E-state index is 0.314. The lowest BCUT2D eigenvalue weighted by atomic mass is 10.3. The van der Waals surface area contributed by atoms with Crippen LogP contribution < -0.4 is 9.47 Å². The first-order valence-electron chi connectivity index (χ1n) is 13.0. The summed E-state index contributed by atoms with van der Waals surface area (Å²) in [4.78, 5) is 7.25. The molecule has 0 aliphatic rings. The molecule has 0 radical (unpaired) electrons. The van der Waals surface area contributed by atoms with E-state index in [9.17, 15) is 0 Å². The van der Waals surface area contributed by atoms with Crippen LogP contribution in [0.25, 0.3) is 30.6 Å². The van der Waals surface area contributed by atoms with Crippen molar-refractivity contribution >= 4 is 54.5 Å². The summed E-state index contributed by atoms with van der Waals surface area (Å²) in [6.07, 6.45) is 0. The lowest BCUT2D eigenvalue weighted by molar-refractivity contribution is 0.0105. The van der Waals surface area contributed by atoms with Crippen LogP contribution in [-0.2, 0) is 28.4 Å². The van der Waals surface area contributed by atoms with Gasteiger partial charge in [-0.3, -0.25) is 0 Å². The molecule has 2 rings (SSSR count). The highest BCUT2D eigenvalue weighted by atomic mass is 79.9. The molecule has 2 aromatic heterocycles. The average molecular weight is 759 g/mol. The van der Waals surface area contributed by atoms with E-state index in [4.69, 9.17) is 49.0 Å². The van der Waals surface area contributed by atoms with Crippen molar-refractivity contribution in [2.45, 2.75) is 0 Å². The molecule has 234 valence electrons. The second-order valence-corrected chi connectivity index (χ2v) is 12.6. The van der Waals surface area contributed by atoms with Crippen molar-refractivity contribution in [3.8, 4) is 21.3 Å². The maximum Gasteiger partial charge on any atom is 0.140 e. The predicted octanol–water partition coefficient (Wildman–Crippen LogP) is 6.48. The lowest BCUT2D eigenvalue weighted by Crippen LogP contribution is -2.13. The fraction of sp³-hybridized carbons (Fsp3) is 0.667. The Bertz CT molecular complexity index is 1010. The van der Waals surface area contributed by atoms with E-state index in [0.29, 0.717) is 106 Å². The van der Waals surface area contributed by atoms with Gasteiger partial charge in [-0.25, -0.2) is 0 Å². The van der Waals surface area contributed by atoms with Gasteiger partial charge in [0.15, 0.2) is 0 Å². The maximum absolute atomic E-state index is 8.19. The molecule has 0 saturated carbocycles. The van der Waals surface area contributed by atoms with E-state index in [1.165, 1.54) is 0 Å². The topological polar surface area (TPSA) is 171 Å². The van der Waals surface area contributed by atoms with Crippen LogP contribution in [-0.4, -0.2) is 106 Å². The molecule has 0 unspecified atom stereocenters. The highest BCUT2D eigenvalue weighted by molar-refractivity contribution is 9.11. The molecule has 0 bridgehead atoms. The van der Waals surface area contributed by atoms with Crippen molar-refractivity contribution in [2.24, 2.45) is 10.2 Å². The average Bonchev–Trinajstić information content (AvgIpc) is 3.54. The van der Waals surface area contributed by atoms with E-state index in [1.54, 1.807) is 22.7 Å². The summed E-state index contributed by atoms with van der Waals surface area (Å²) in [5, 5.41) is 6.78. The Kier molecular flexibility index (Phi) is 21.5. The molecule has 0 N–H and O–H groups in total. The number of hydrogen-bond donors (Lipinski definition) is 0. The van der Waals surface area contributed by atoms with Crippen molar-refractivity contribution in [1.82, 2.24) is 0 Å². The van der Waals surface area contributed by atoms with E-state index in [0.717, 1.165) is 28.8 Å². The number of thiophene rings is 2. The van der Waals surface area contributed by atoms with Crippen LogP contribution in [0.15, 0.2) is 29.9 Å². The smallest absolute Gasteiger partial charge is 0.140 e. The highest BCUT2D eigenvalue weighted by Crippen LogP contribution is 2.49. The zero-order valence-corrected chi connectivity index (χ0v) is 27.8. The zero-order chi connectivity index (χ0) is 30.1. The van der Waals surface area contributed by atoms with Gasteiger partial charge in [0.1, 0.15) is 24.7 Å². The normalized spacial score (nSPS) is 10.8. The highest BCUT2D eigenvalue weighted by Gasteiger charge is 2.19. The molecule has 14 nitrogen and oxygen atoms in total. The van der Waals surface area contributed by atoms with Crippen molar-refractivity contribution in [3.05, 3.63) is 40.6 Å². The summed E-state index contributed by atoms with van der Waals surface area (Å²) in [7, 11) is 0. The van der Waals surface area contributed by atoms with Crippen molar-refractivity contribution in [3.63, 3.8) is 0 Å². The van der Waals surface area contributed by atoms with Gasteiger partial charge in [-0.05, 0) is 42.9 Å². The predicted molar refractivity (Wildman–Crippen MR) is 167 cm³/mol. The minimum Gasteiger partial charge on any atom is -0.490 e. The second-order valence-electron chi connectivity index (χ2n) is 7.77. The van der Waals surface area contributed by atoms with Crippen LogP contribution in [0.1, 0.15) is 0 Å². The Hall–Kier alpha value is -1.66. The molecule has 0 fully saturated rings. The van der Waals surface area contributed by atoms with Gasteiger partial charge in [0.25, 0.3) is 0 Å². The molecule has 18 heteroatoms. The summed E-state index contributed by atoms with van der Waals surface area (Å²) in [6.45, 7) is 6.56. The quantitative estimate of drug-likeness (QED) is 0.0431. The molecular formula is C24H34Br2N6O8S2. The lowest BCUT2D eigenvalue weighted by Gasteiger charge is -2.10. The Labute approximate surface area is 269 Å². The van der Waals surface area contributed by atoms with Crippen LogP contribution in [0.5, 0.6) is 11.5 Å². The van der Waals surface area contributed by atoms with Crippen molar-refractivity contribution in [1.29, 1.82) is 0 Å². The van der Waals surface area contributed by atoms with Gasteiger partial charge < -0.3 is 37.9 Å². The van der Waals surface area contributed by atoms with E-state index in [2.05, 4.69) is 51.9 Å². The zero-order valence-electron chi connectivity index (χ0n) is 23.0. The molecule has 2 aromatic rings. The monoisotopic (exact) mass is 756 g/mol. The van der Waals surface area contributed by atoms with Crippen LogP contribution >= 0.6 is 54.5 Å². The third kappa shape index (κ3) is 16.8. The fourth-order valence-corrected chi connectivity index (χ4v) is 6.21. The van der Waals surface area contributed by atoms with Gasteiger partial charge in [-0.2, -0.15) is 0 Å². The number of ether oxygens (including phenoxy) is 8. The van der Waals surface area contributed by atoms with Crippen LogP contribution in [0.2, 0.25) is 0 Å². The molecule has 0 saturated heterocycles. The first kappa shape index (κ1) is 36.5. The molecule has 0 atom stereocenters. The third-order valence-electron chi connectivity index (χ3n) is 4.80. The fourth-order valence-electron chi connectivity index (χ4n) is 3.03. The molecule has 0 amide bonds. The SMILES string of the molecule is [N-]=[N+]=NCCOCCOCCOCCOc1cc(Br)sc1-c1sc(Br)cc1OCCOCCOCCOCCN=[N+]=[N-]. The summed E-state index contributed by atoms with van der Waals surface area (Å²) in [5.74, 6) is 1.50. The van der Waals surface area contributed by atoms with Gasteiger partial charge >= 0.3 is 0 Å². The molecule has 42 heavy (non-hydrogen) atoms. The molecular weight excluding hydrogens is 724 g/mol. The number of nitrogens with zero attached hydrogens (tertiary/aromatic N) is 6. The molecule has 0 aliphatic carbocycles. The Morgan fingerprint density at radius 2 is 0.833 bits per heavy atom. The van der Waals surface area contributed by atoms with Gasteiger partial charge in [0, 0.05) is 35.0 Å². The van der Waals surface area contributed by atoms with Crippen LogP contribution in [0.3, 0.4) is 0 Å². The van der Waals surface area contributed by atoms with Gasteiger partial charge in [-0.1, -0.05) is 10.2 Å². The van der Waals surface area contributed by atoms with Crippen LogP contribution in [0, 0.1) is 0 Å². The number of rotatable bonds is 27. The van der Waals surface area contributed by atoms with E-state index in [-0.39, 0.29) is 0 Å². The Morgan fingerprint density at radius 1 is 0.524 bits per heavy atom. The molecule has 0 aromatic carbocycles. The Morgan fingerprint density at radius 3 is 1.17 bits per heavy atom. The summed E-state index contributed by atoms with van der Waals surface area (Å²) in [5.41, 5.74) is 16.4. The summed E-state index contributed by atoms with van der Waals surface area (Å²) < 4.78 is 46.5. The Balaban J connectivity index is 1.61. The molecule has 0 aliphatic heterocycles.